The first kappa shape index (κ1) is 10.7. The minimum absolute atomic E-state index is 0.154. The van der Waals surface area contributed by atoms with Gasteiger partial charge in [0.05, 0.1) is 25.6 Å². The van der Waals surface area contributed by atoms with Gasteiger partial charge >= 0.3 is 0 Å². The SMILES string of the molecule is C=S1CCOCC1c1ccccc1OC. The van der Waals surface area contributed by atoms with Crippen LogP contribution in [-0.4, -0.2) is 31.9 Å². The number of rotatable bonds is 2. The predicted molar refractivity (Wildman–Crippen MR) is 66.1 cm³/mol. The van der Waals surface area contributed by atoms with E-state index in [1.807, 2.05) is 18.2 Å². The molecular weight excluding hydrogens is 208 g/mol. The predicted octanol–water partition coefficient (Wildman–Crippen LogP) is 2.47. The molecule has 1 saturated heterocycles. The summed E-state index contributed by atoms with van der Waals surface area (Å²) in [6.07, 6.45) is 0. The average Bonchev–Trinajstić information content (AvgIpc) is 2.30. The molecule has 1 aromatic carbocycles. The van der Waals surface area contributed by atoms with Gasteiger partial charge in [0.1, 0.15) is 5.75 Å². The maximum Gasteiger partial charge on any atom is 0.123 e. The smallest absolute Gasteiger partial charge is 0.123 e. The zero-order valence-electron chi connectivity index (χ0n) is 8.94. The van der Waals surface area contributed by atoms with Gasteiger partial charge in [-0.25, -0.2) is 0 Å². The molecule has 0 N–H and O–H groups in total. The second-order valence-electron chi connectivity index (χ2n) is 3.55. The van der Waals surface area contributed by atoms with Gasteiger partial charge in [0.25, 0.3) is 0 Å². The number of ether oxygens (including phenoxy) is 2. The first-order chi connectivity index (χ1) is 7.33. The van der Waals surface area contributed by atoms with E-state index in [-0.39, 0.29) is 10.5 Å². The first-order valence-corrected chi connectivity index (χ1v) is 6.65. The van der Waals surface area contributed by atoms with E-state index in [9.17, 15) is 0 Å². The van der Waals surface area contributed by atoms with Crippen LogP contribution in [0.25, 0.3) is 0 Å². The lowest BCUT2D eigenvalue weighted by Crippen LogP contribution is -2.17. The Balaban J connectivity index is 2.30. The van der Waals surface area contributed by atoms with Crippen molar-refractivity contribution >= 4 is 16.4 Å². The summed E-state index contributed by atoms with van der Waals surface area (Å²) in [4.78, 5) is 0. The Morgan fingerprint density at radius 3 is 3.00 bits per heavy atom. The Bertz CT molecular complexity index is 362. The van der Waals surface area contributed by atoms with Crippen molar-refractivity contribution in [2.24, 2.45) is 0 Å². The highest BCUT2D eigenvalue weighted by atomic mass is 32.2. The molecule has 1 fully saturated rings. The van der Waals surface area contributed by atoms with Crippen molar-refractivity contribution in [3.63, 3.8) is 0 Å². The second kappa shape index (κ2) is 4.81. The fourth-order valence-electron chi connectivity index (χ4n) is 1.80. The standard InChI is InChI=1S/C12H16O2S/c1-13-11-6-4-3-5-10(11)12-9-14-7-8-15(12)2/h3-6,12H,2,7-9H2,1H3. The molecule has 2 nitrogen and oxygen atoms in total. The molecule has 82 valence electrons. The van der Waals surface area contributed by atoms with Gasteiger partial charge in [0.15, 0.2) is 0 Å². The van der Waals surface area contributed by atoms with Crippen LogP contribution in [0.3, 0.4) is 0 Å². The monoisotopic (exact) mass is 224 g/mol. The zero-order valence-corrected chi connectivity index (χ0v) is 9.76. The van der Waals surface area contributed by atoms with E-state index in [4.69, 9.17) is 9.47 Å². The normalized spacial score (nSPS) is 26.2. The summed E-state index contributed by atoms with van der Waals surface area (Å²) < 4.78 is 10.9. The lowest BCUT2D eigenvalue weighted by Gasteiger charge is -2.27. The summed E-state index contributed by atoms with van der Waals surface area (Å²) in [5.74, 6) is 6.23. The molecule has 0 amide bonds. The van der Waals surface area contributed by atoms with Crippen LogP contribution >= 0.6 is 10.5 Å². The van der Waals surface area contributed by atoms with Gasteiger partial charge in [-0.2, -0.15) is 10.5 Å². The topological polar surface area (TPSA) is 18.5 Å². The van der Waals surface area contributed by atoms with Crippen LogP contribution in [0.4, 0.5) is 0 Å². The van der Waals surface area contributed by atoms with Crippen LogP contribution in [0.2, 0.25) is 0 Å². The Kier molecular flexibility index (Phi) is 3.44. The summed E-state index contributed by atoms with van der Waals surface area (Å²) in [6.45, 7) is 1.62. The molecular formula is C12H16O2S. The van der Waals surface area contributed by atoms with Gasteiger partial charge in [-0.1, -0.05) is 24.1 Å². The quantitative estimate of drug-likeness (QED) is 0.718. The van der Waals surface area contributed by atoms with Crippen LogP contribution in [0.5, 0.6) is 5.75 Å². The Morgan fingerprint density at radius 1 is 1.47 bits per heavy atom. The molecule has 0 aliphatic carbocycles. The molecule has 1 aromatic rings. The average molecular weight is 224 g/mol. The Morgan fingerprint density at radius 2 is 2.27 bits per heavy atom. The first-order valence-electron chi connectivity index (χ1n) is 5.03. The zero-order chi connectivity index (χ0) is 10.7. The number of benzene rings is 1. The summed E-state index contributed by atoms with van der Waals surface area (Å²) in [6, 6.07) is 8.15. The molecule has 2 unspecified atom stereocenters. The van der Waals surface area contributed by atoms with Crippen LogP contribution in [0.1, 0.15) is 10.8 Å². The fraction of sp³-hybridized carbons (Fsp3) is 0.417. The lowest BCUT2D eigenvalue weighted by molar-refractivity contribution is 0.143. The van der Waals surface area contributed by atoms with Gasteiger partial charge in [0.2, 0.25) is 0 Å². The molecule has 15 heavy (non-hydrogen) atoms. The molecule has 3 heteroatoms. The van der Waals surface area contributed by atoms with Crippen LogP contribution in [-0.2, 0) is 4.74 Å². The van der Waals surface area contributed by atoms with Crippen LogP contribution in [0, 0.1) is 0 Å². The summed E-state index contributed by atoms with van der Waals surface area (Å²) in [5, 5.41) is 0.398. The molecule has 0 bridgehead atoms. The third kappa shape index (κ3) is 2.24. The molecule has 0 saturated carbocycles. The van der Waals surface area contributed by atoms with Crippen LogP contribution in [0.15, 0.2) is 24.3 Å². The summed E-state index contributed by atoms with van der Waals surface area (Å²) in [5.41, 5.74) is 1.23. The minimum Gasteiger partial charge on any atom is -0.496 e. The van der Waals surface area contributed by atoms with Crippen molar-refractivity contribution in [2.45, 2.75) is 5.25 Å². The van der Waals surface area contributed by atoms with E-state index in [0.29, 0.717) is 5.25 Å². The highest BCUT2D eigenvalue weighted by Gasteiger charge is 2.21. The molecule has 1 heterocycles. The largest absolute Gasteiger partial charge is 0.496 e. The molecule has 0 spiro atoms. The van der Waals surface area contributed by atoms with Crippen molar-refractivity contribution in [1.82, 2.24) is 0 Å². The number of para-hydroxylation sites is 1. The Labute approximate surface area is 93.1 Å². The van der Waals surface area contributed by atoms with Crippen molar-refractivity contribution < 1.29 is 9.47 Å². The molecule has 1 aliphatic heterocycles. The fourth-order valence-corrected chi connectivity index (χ4v) is 3.26. The van der Waals surface area contributed by atoms with Crippen molar-refractivity contribution in [3.05, 3.63) is 29.8 Å². The summed E-state index contributed by atoms with van der Waals surface area (Å²) >= 11 is 0. The molecule has 0 aromatic heterocycles. The summed E-state index contributed by atoms with van der Waals surface area (Å²) in [7, 11) is 1.87. The number of hydrogen-bond acceptors (Lipinski definition) is 2. The number of methoxy groups -OCH3 is 1. The van der Waals surface area contributed by atoms with Gasteiger partial charge < -0.3 is 9.47 Å². The van der Waals surface area contributed by atoms with Gasteiger partial charge in [-0.05, 0) is 6.07 Å². The van der Waals surface area contributed by atoms with E-state index in [0.717, 1.165) is 24.7 Å². The molecule has 2 atom stereocenters. The molecule has 2 rings (SSSR count). The van der Waals surface area contributed by atoms with Gasteiger partial charge in [-0.15, -0.1) is 0 Å². The van der Waals surface area contributed by atoms with Gasteiger partial charge in [0, 0.05) is 11.3 Å². The highest BCUT2D eigenvalue weighted by Crippen LogP contribution is 2.40. The van der Waals surface area contributed by atoms with E-state index in [1.165, 1.54) is 5.56 Å². The third-order valence-corrected chi connectivity index (χ3v) is 4.53. The maximum absolute atomic E-state index is 5.52. The maximum atomic E-state index is 5.52. The van der Waals surface area contributed by atoms with Gasteiger partial charge in [-0.3, -0.25) is 0 Å². The third-order valence-electron chi connectivity index (χ3n) is 2.65. The minimum atomic E-state index is 0.154. The molecule has 1 aliphatic rings. The lowest BCUT2D eigenvalue weighted by atomic mass is 10.1. The highest BCUT2D eigenvalue weighted by molar-refractivity contribution is 8.14. The van der Waals surface area contributed by atoms with Crippen LogP contribution < -0.4 is 4.74 Å². The Hall–Kier alpha value is -0.800. The van der Waals surface area contributed by atoms with Crippen molar-refractivity contribution in [2.75, 3.05) is 26.1 Å². The van der Waals surface area contributed by atoms with Crippen molar-refractivity contribution in [3.8, 4) is 5.75 Å². The van der Waals surface area contributed by atoms with Crippen molar-refractivity contribution in [1.29, 1.82) is 0 Å². The van der Waals surface area contributed by atoms with E-state index in [2.05, 4.69) is 11.9 Å². The van der Waals surface area contributed by atoms with E-state index in [1.54, 1.807) is 7.11 Å². The second-order valence-corrected chi connectivity index (χ2v) is 5.60. The number of hydrogen-bond donors (Lipinski definition) is 0. The van der Waals surface area contributed by atoms with E-state index < -0.39 is 0 Å². The molecule has 0 radical (unpaired) electrons. The van der Waals surface area contributed by atoms with E-state index >= 15 is 0 Å².